The quantitative estimate of drug-likeness (QED) is 0.0432. The zero-order valence-corrected chi connectivity index (χ0v) is 34.8. The first-order valence-corrected chi connectivity index (χ1v) is 21.6. The number of rotatable bonds is 31. The summed E-state index contributed by atoms with van der Waals surface area (Å²) in [6, 6.07) is 3.91. The summed E-state index contributed by atoms with van der Waals surface area (Å²) in [7, 11) is 1.75. The SMILES string of the molecule is CCCCCCCCCCCCOc1cc(C=Nc2sc(C)c(C(=O)OCC)c2C(=O)OCC)c(OCCCCCCCCCCCC)cc1C=NC. The fourth-order valence-electron chi connectivity index (χ4n) is 6.32. The minimum atomic E-state index is -0.598. The lowest BCUT2D eigenvalue weighted by Gasteiger charge is -2.15. The van der Waals surface area contributed by atoms with Crippen molar-refractivity contribution in [1.29, 1.82) is 0 Å². The Hall–Kier alpha value is -3.20. The van der Waals surface area contributed by atoms with Crippen molar-refractivity contribution in [2.45, 2.75) is 163 Å². The van der Waals surface area contributed by atoms with Crippen LogP contribution in [0.3, 0.4) is 0 Å². The van der Waals surface area contributed by atoms with E-state index in [0.717, 1.165) is 36.8 Å². The first-order chi connectivity index (χ1) is 25.9. The zero-order valence-electron chi connectivity index (χ0n) is 34.0. The van der Waals surface area contributed by atoms with Crippen LogP contribution in [-0.4, -0.2) is 57.8 Å². The number of esters is 2. The van der Waals surface area contributed by atoms with Crippen LogP contribution in [0.5, 0.6) is 11.5 Å². The van der Waals surface area contributed by atoms with Gasteiger partial charge in [0, 0.05) is 35.5 Å². The van der Waals surface area contributed by atoms with E-state index in [1.807, 2.05) is 12.1 Å². The van der Waals surface area contributed by atoms with Gasteiger partial charge in [-0.3, -0.25) is 4.99 Å². The molecular formula is C44H70N2O6S. The van der Waals surface area contributed by atoms with E-state index in [-0.39, 0.29) is 24.3 Å². The van der Waals surface area contributed by atoms with E-state index >= 15 is 0 Å². The molecule has 0 bridgehead atoms. The highest BCUT2D eigenvalue weighted by atomic mass is 32.1. The van der Waals surface area contributed by atoms with Crippen molar-refractivity contribution in [2.24, 2.45) is 9.98 Å². The first kappa shape index (κ1) is 46.0. The van der Waals surface area contributed by atoms with Crippen molar-refractivity contribution < 1.29 is 28.5 Å². The molecule has 53 heavy (non-hydrogen) atoms. The van der Waals surface area contributed by atoms with Crippen molar-refractivity contribution in [3.05, 3.63) is 39.3 Å². The Bertz CT molecular complexity index is 1370. The molecule has 0 aliphatic heterocycles. The van der Waals surface area contributed by atoms with Crippen LogP contribution in [0.2, 0.25) is 0 Å². The van der Waals surface area contributed by atoms with Gasteiger partial charge in [-0.1, -0.05) is 129 Å². The van der Waals surface area contributed by atoms with Gasteiger partial charge in [-0.25, -0.2) is 14.6 Å². The van der Waals surface area contributed by atoms with Crippen molar-refractivity contribution in [3.8, 4) is 11.5 Å². The third-order valence-electron chi connectivity index (χ3n) is 9.27. The van der Waals surface area contributed by atoms with E-state index in [9.17, 15) is 9.59 Å². The maximum absolute atomic E-state index is 13.1. The molecule has 0 fully saturated rings. The number of thiophene rings is 1. The number of benzene rings is 1. The fraction of sp³-hybridized carbons (Fsp3) is 0.682. The summed E-state index contributed by atoms with van der Waals surface area (Å²) in [5, 5.41) is 0.386. The molecule has 1 aromatic heterocycles. The highest BCUT2D eigenvalue weighted by molar-refractivity contribution is 7.16. The molecular weight excluding hydrogens is 685 g/mol. The van der Waals surface area contributed by atoms with Crippen LogP contribution in [0.15, 0.2) is 22.1 Å². The molecule has 0 unspecified atom stereocenters. The van der Waals surface area contributed by atoms with Crippen molar-refractivity contribution in [2.75, 3.05) is 33.5 Å². The fourth-order valence-corrected chi connectivity index (χ4v) is 7.29. The zero-order chi connectivity index (χ0) is 38.5. The van der Waals surface area contributed by atoms with Gasteiger partial charge >= 0.3 is 11.9 Å². The number of hydrogen-bond donors (Lipinski definition) is 0. The molecule has 0 radical (unpaired) electrons. The van der Waals surface area contributed by atoms with Crippen LogP contribution in [0.1, 0.15) is 193 Å². The first-order valence-electron chi connectivity index (χ1n) is 20.8. The third-order valence-corrected chi connectivity index (χ3v) is 10.3. The Labute approximate surface area is 325 Å². The van der Waals surface area contributed by atoms with Crippen molar-refractivity contribution in [1.82, 2.24) is 0 Å². The lowest BCUT2D eigenvalue weighted by molar-refractivity contribution is 0.0480. The number of aryl methyl sites for hydroxylation is 1. The van der Waals surface area contributed by atoms with E-state index < -0.39 is 11.9 Å². The molecule has 2 aromatic rings. The van der Waals surface area contributed by atoms with Crippen LogP contribution in [0, 0.1) is 6.92 Å². The van der Waals surface area contributed by atoms with Crippen molar-refractivity contribution in [3.63, 3.8) is 0 Å². The van der Waals surface area contributed by atoms with Crippen LogP contribution < -0.4 is 9.47 Å². The smallest absolute Gasteiger partial charge is 0.342 e. The monoisotopic (exact) mass is 754 g/mol. The van der Waals surface area contributed by atoms with Crippen LogP contribution in [0.25, 0.3) is 0 Å². The summed E-state index contributed by atoms with van der Waals surface area (Å²) in [6.07, 6.45) is 28.6. The maximum Gasteiger partial charge on any atom is 0.342 e. The summed E-state index contributed by atoms with van der Waals surface area (Å²) >= 11 is 1.26. The highest BCUT2D eigenvalue weighted by Gasteiger charge is 2.28. The van der Waals surface area contributed by atoms with Gasteiger partial charge in [-0.05, 0) is 45.7 Å². The number of unbranched alkanes of at least 4 members (excludes halogenated alkanes) is 18. The number of ether oxygens (including phenoxy) is 4. The minimum Gasteiger partial charge on any atom is -0.493 e. The molecule has 0 saturated carbocycles. The van der Waals surface area contributed by atoms with Gasteiger partial charge in [0.05, 0.1) is 32.0 Å². The molecule has 298 valence electrons. The number of nitrogens with zero attached hydrogens (tertiary/aromatic N) is 2. The van der Waals surface area contributed by atoms with Gasteiger partial charge < -0.3 is 18.9 Å². The number of carbonyl (C=O) groups is 2. The molecule has 9 heteroatoms. The topological polar surface area (TPSA) is 95.8 Å². The van der Waals surface area contributed by atoms with E-state index in [0.29, 0.717) is 34.6 Å². The Morgan fingerprint density at radius 3 is 1.40 bits per heavy atom. The van der Waals surface area contributed by atoms with Gasteiger partial charge in [0.15, 0.2) is 0 Å². The lowest BCUT2D eigenvalue weighted by atomic mass is 10.1. The molecule has 0 aliphatic carbocycles. The van der Waals surface area contributed by atoms with Crippen molar-refractivity contribution >= 4 is 40.7 Å². The van der Waals surface area contributed by atoms with E-state index in [1.54, 1.807) is 40.2 Å². The van der Waals surface area contributed by atoms with E-state index in [1.165, 1.54) is 114 Å². The van der Waals surface area contributed by atoms with E-state index in [4.69, 9.17) is 23.9 Å². The summed E-state index contributed by atoms with van der Waals surface area (Å²) in [6.45, 7) is 11.3. The molecule has 0 amide bonds. The predicted octanol–water partition coefficient (Wildman–Crippen LogP) is 12.8. The maximum atomic E-state index is 13.1. The second kappa shape index (κ2) is 29.2. The molecule has 1 heterocycles. The molecule has 2 rings (SSSR count). The highest BCUT2D eigenvalue weighted by Crippen LogP contribution is 2.37. The van der Waals surface area contributed by atoms with Crippen LogP contribution in [0.4, 0.5) is 5.00 Å². The van der Waals surface area contributed by atoms with Gasteiger partial charge in [0.2, 0.25) is 0 Å². The van der Waals surface area contributed by atoms with Crippen LogP contribution >= 0.6 is 11.3 Å². The second-order valence-electron chi connectivity index (χ2n) is 13.8. The minimum absolute atomic E-state index is 0.129. The molecule has 0 N–H and O–H groups in total. The Kier molecular flexibility index (Phi) is 25.3. The number of carbonyl (C=O) groups excluding carboxylic acids is 2. The molecule has 0 spiro atoms. The normalized spacial score (nSPS) is 11.5. The second-order valence-corrected chi connectivity index (χ2v) is 15.0. The molecule has 0 atom stereocenters. The Balaban J connectivity index is 2.23. The number of hydrogen-bond acceptors (Lipinski definition) is 9. The Morgan fingerprint density at radius 1 is 0.585 bits per heavy atom. The van der Waals surface area contributed by atoms with Gasteiger partial charge in [-0.15, -0.1) is 11.3 Å². The van der Waals surface area contributed by atoms with E-state index in [2.05, 4.69) is 18.8 Å². The predicted molar refractivity (Wildman–Crippen MR) is 223 cm³/mol. The van der Waals surface area contributed by atoms with Gasteiger partial charge in [-0.2, -0.15) is 0 Å². The molecule has 8 nitrogen and oxygen atoms in total. The average molecular weight is 755 g/mol. The summed E-state index contributed by atoms with van der Waals surface area (Å²) in [5.74, 6) is 0.221. The van der Waals surface area contributed by atoms with Gasteiger partial charge in [0.25, 0.3) is 0 Å². The molecule has 1 aromatic carbocycles. The molecule has 0 saturated heterocycles. The summed E-state index contributed by atoms with van der Waals surface area (Å²) in [4.78, 5) is 35.7. The summed E-state index contributed by atoms with van der Waals surface area (Å²) in [5.41, 5.74) is 1.90. The Morgan fingerprint density at radius 2 is 0.981 bits per heavy atom. The van der Waals surface area contributed by atoms with Gasteiger partial charge in [0.1, 0.15) is 22.1 Å². The van der Waals surface area contributed by atoms with Crippen LogP contribution in [-0.2, 0) is 9.47 Å². The standard InChI is InChI=1S/C44H70N2O6S/c1-7-11-13-15-17-19-21-23-25-27-29-51-38-32-37(34-46-42-41(44(48)50-10-4)40(35(5)53-42)43(47)49-9-3)39(31-36(38)33-45-6)52-30-28-26-24-22-20-18-16-14-12-8-2/h31-34H,7-30H2,1-6H3. The largest absolute Gasteiger partial charge is 0.493 e. The number of aliphatic imine (C=N–C) groups is 2. The lowest BCUT2D eigenvalue weighted by Crippen LogP contribution is -2.13. The third kappa shape index (κ3) is 18.1. The molecule has 0 aliphatic rings. The average Bonchev–Trinajstić information content (AvgIpc) is 3.49. The summed E-state index contributed by atoms with van der Waals surface area (Å²) < 4.78 is 23.4.